The van der Waals surface area contributed by atoms with Crippen LogP contribution in [0.5, 0.6) is 0 Å². The quantitative estimate of drug-likeness (QED) is 0.824. The molecule has 6 heteroatoms. The second-order valence-corrected chi connectivity index (χ2v) is 7.33. The highest BCUT2D eigenvalue weighted by Gasteiger charge is 2.23. The van der Waals surface area contributed by atoms with E-state index in [1.807, 2.05) is 19.1 Å². The Morgan fingerprint density at radius 1 is 1.53 bits per heavy atom. The standard InChI is InChI=1S/C11H16N2O2S2/c1-4-10-5-6-11(16-10)17(14,15)13(3)8-9(2)7-12/h5-6,9H,4,8H2,1-3H3. The largest absolute Gasteiger partial charge is 0.252 e. The normalized spacial score (nSPS) is 13.6. The van der Waals surface area contributed by atoms with Gasteiger partial charge in [-0.3, -0.25) is 0 Å². The molecule has 0 aliphatic rings. The Kier molecular flexibility index (Phi) is 4.69. The third kappa shape index (κ3) is 3.28. The molecule has 17 heavy (non-hydrogen) atoms. The van der Waals surface area contributed by atoms with Gasteiger partial charge in [-0.05, 0) is 25.5 Å². The molecule has 0 fully saturated rings. The van der Waals surface area contributed by atoms with Crippen LogP contribution in [0.4, 0.5) is 0 Å². The van der Waals surface area contributed by atoms with Crippen molar-refractivity contribution in [1.82, 2.24) is 4.31 Å². The molecule has 0 radical (unpaired) electrons. The lowest BCUT2D eigenvalue weighted by atomic mass is 10.2. The van der Waals surface area contributed by atoms with Crippen LogP contribution in [-0.4, -0.2) is 26.3 Å². The van der Waals surface area contributed by atoms with E-state index in [9.17, 15) is 8.42 Å². The van der Waals surface area contributed by atoms with Crippen LogP contribution in [0.15, 0.2) is 16.3 Å². The highest BCUT2D eigenvalue weighted by Crippen LogP contribution is 2.24. The van der Waals surface area contributed by atoms with E-state index < -0.39 is 10.0 Å². The lowest BCUT2D eigenvalue weighted by Gasteiger charge is -2.16. The summed E-state index contributed by atoms with van der Waals surface area (Å²) < 4.78 is 25.9. The van der Waals surface area contributed by atoms with E-state index >= 15 is 0 Å². The molecule has 0 aliphatic heterocycles. The third-order valence-corrected chi connectivity index (χ3v) is 5.92. The van der Waals surface area contributed by atoms with Crippen molar-refractivity contribution in [2.75, 3.05) is 13.6 Å². The van der Waals surface area contributed by atoms with Crippen molar-refractivity contribution in [2.24, 2.45) is 5.92 Å². The molecular formula is C11H16N2O2S2. The lowest BCUT2D eigenvalue weighted by Crippen LogP contribution is -2.30. The Labute approximate surface area is 107 Å². The zero-order valence-electron chi connectivity index (χ0n) is 10.2. The van der Waals surface area contributed by atoms with E-state index in [1.54, 1.807) is 13.0 Å². The molecule has 0 N–H and O–H groups in total. The predicted molar refractivity (Wildman–Crippen MR) is 68.3 cm³/mol. The van der Waals surface area contributed by atoms with Crippen LogP contribution in [-0.2, 0) is 16.4 Å². The van der Waals surface area contributed by atoms with Gasteiger partial charge in [0, 0.05) is 18.5 Å². The van der Waals surface area contributed by atoms with E-state index in [4.69, 9.17) is 5.26 Å². The highest BCUT2D eigenvalue weighted by atomic mass is 32.2. The fraction of sp³-hybridized carbons (Fsp3) is 0.545. The summed E-state index contributed by atoms with van der Waals surface area (Å²) in [6.45, 7) is 3.92. The SMILES string of the molecule is CCc1ccc(S(=O)(=O)N(C)CC(C)C#N)s1. The van der Waals surface area contributed by atoms with Gasteiger partial charge in [0.25, 0.3) is 10.0 Å². The van der Waals surface area contributed by atoms with Crippen molar-refractivity contribution in [3.05, 3.63) is 17.0 Å². The summed E-state index contributed by atoms with van der Waals surface area (Å²) in [6, 6.07) is 5.50. The van der Waals surface area contributed by atoms with E-state index in [1.165, 1.54) is 22.7 Å². The fourth-order valence-electron chi connectivity index (χ4n) is 1.37. The fourth-order valence-corrected chi connectivity index (χ4v) is 4.13. The lowest BCUT2D eigenvalue weighted by molar-refractivity contribution is 0.440. The minimum absolute atomic E-state index is 0.220. The first-order valence-electron chi connectivity index (χ1n) is 5.36. The molecule has 0 saturated carbocycles. The van der Waals surface area contributed by atoms with Gasteiger partial charge in [-0.2, -0.15) is 9.57 Å². The minimum Gasteiger partial charge on any atom is -0.206 e. The molecule has 1 aromatic heterocycles. The number of thiophene rings is 1. The molecule has 0 spiro atoms. The van der Waals surface area contributed by atoms with Gasteiger partial charge in [-0.25, -0.2) is 8.42 Å². The van der Waals surface area contributed by atoms with Crippen LogP contribution >= 0.6 is 11.3 Å². The number of aryl methyl sites for hydroxylation is 1. The molecule has 0 amide bonds. The van der Waals surface area contributed by atoms with Crippen molar-refractivity contribution in [1.29, 1.82) is 5.26 Å². The van der Waals surface area contributed by atoms with Gasteiger partial charge in [0.2, 0.25) is 0 Å². The Morgan fingerprint density at radius 2 is 2.18 bits per heavy atom. The summed E-state index contributed by atoms with van der Waals surface area (Å²) in [4.78, 5) is 1.05. The van der Waals surface area contributed by atoms with Gasteiger partial charge in [0.1, 0.15) is 4.21 Å². The number of sulfonamides is 1. The van der Waals surface area contributed by atoms with Crippen molar-refractivity contribution >= 4 is 21.4 Å². The molecule has 0 aromatic carbocycles. The summed E-state index contributed by atoms with van der Waals surface area (Å²) in [5.74, 6) is -0.305. The number of rotatable bonds is 5. The average molecular weight is 272 g/mol. The first kappa shape index (κ1) is 14.2. The maximum atomic E-state index is 12.1. The number of hydrogen-bond acceptors (Lipinski definition) is 4. The van der Waals surface area contributed by atoms with Crippen LogP contribution in [0.3, 0.4) is 0 Å². The molecule has 4 nitrogen and oxygen atoms in total. The number of nitrogens with zero attached hydrogens (tertiary/aromatic N) is 2. The van der Waals surface area contributed by atoms with Gasteiger partial charge < -0.3 is 0 Å². The molecule has 1 rings (SSSR count). The number of hydrogen-bond donors (Lipinski definition) is 0. The molecule has 1 atom stereocenters. The van der Waals surface area contributed by atoms with Crippen molar-refractivity contribution < 1.29 is 8.42 Å². The Bertz CT molecular complexity index is 514. The van der Waals surface area contributed by atoms with Gasteiger partial charge >= 0.3 is 0 Å². The predicted octanol–water partition coefficient (Wildman–Crippen LogP) is 2.09. The molecule has 0 saturated heterocycles. The average Bonchev–Trinajstić information content (AvgIpc) is 2.77. The summed E-state index contributed by atoms with van der Waals surface area (Å²) in [7, 11) is -1.92. The van der Waals surface area contributed by atoms with E-state index in [2.05, 4.69) is 0 Å². The van der Waals surface area contributed by atoms with Crippen LogP contribution in [0, 0.1) is 17.2 Å². The minimum atomic E-state index is -3.43. The first-order valence-corrected chi connectivity index (χ1v) is 7.62. The Morgan fingerprint density at radius 3 is 2.65 bits per heavy atom. The Balaban J connectivity index is 2.91. The Hall–Kier alpha value is -0.900. The third-order valence-electron chi connectivity index (χ3n) is 2.40. The maximum Gasteiger partial charge on any atom is 0.252 e. The number of nitriles is 1. The van der Waals surface area contributed by atoms with Crippen molar-refractivity contribution in [2.45, 2.75) is 24.5 Å². The van der Waals surface area contributed by atoms with Crippen LogP contribution in [0.1, 0.15) is 18.7 Å². The van der Waals surface area contributed by atoms with E-state index in [0.717, 1.165) is 11.3 Å². The molecule has 94 valence electrons. The zero-order valence-corrected chi connectivity index (χ0v) is 11.8. The summed E-state index contributed by atoms with van der Waals surface area (Å²) in [6.07, 6.45) is 0.832. The van der Waals surface area contributed by atoms with Gasteiger partial charge in [0.05, 0.1) is 12.0 Å². The smallest absolute Gasteiger partial charge is 0.206 e. The van der Waals surface area contributed by atoms with Gasteiger partial charge in [-0.15, -0.1) is 11.3 Å². The van der Waals surface area contributed by atoms with Crippen LogP contribution < -0.4 is 0 Å². The van der Waals surface area contributed by atoms with E-state index in [-0.39, 0.29) is 12.5 Å². The van der Waals surface area contributed by atoms with Crippen molar-refractivity contribution in [3.8, 4) is 6.07 Å². The topological polar surface area (TPSA) is 61.2 Å². The highest BCUT2D eigenvalue weighted by molar-refractivity contribution is 7.91. The summed E-state index contributed by atoms with van der Waals surface area (Å²) in [5, 5.41) is 8.69. The zero-order chi connectivity index (χ0) is 13.1. The molecular weight excluding hydrogens is 256 g/mol. The molecule has 1 heterocycles. The molecule has 0 bridgehead atoms. The van der Waals surface area contributed by atoms with Crippen LogP contribution in [0.25, 0.3) is 0 Å². The first-order chi connectivity index (χ1) is 7.91. The molecule has 1 aromatic rings. The monoisotopic (exact) mass is 272 g/mol. The van der Waals surface area contributed by atoms with Gasteiger partial charge in [-0.1, -0.05) is 6.92 Å². The summed E-state index contributed by atoms with van der Waals surface area (Å²) >= 11 is 1.29. The van der Waals surface area contributed by atoms with Gasteiger partial charge in [0.15, 0.2) is 0 Å². The molecule has 1 unspecified atom stereocenters. The van der Waals surface area contributed by atoms with Crippen LogP contribution in [0.2, 0.25) is 0 Å². The van der Waals surface area contributed by atoms with Crippen molar-refractivity contribution in [3.63, 3.8) is 0 Å². The van der Waals surface area contributed by atoms with E-state index in [0.29, 0.717) is 4.21 Å². The second kappa shape index (κ2) is 5.63. The maximum absolute atomic E-state index is 12.1. The summed E-state index contributed by atoms with van der Waals surface area (Å²) in [5.41, 5.74) is 0. The molecule has 0 aliphatic carbocycles. The second-order valence-electron chi connectivity index (χ2n) is 3.89.